The van der Waals surface area contributed by atoms with Gasteiger partial charge in [-0.25, -0.2) is 4.79 Å². The molecule has 1 aromatic rings. The van der Waals surface area contributed by atoms with Crippen LogP contribution in [0.1, 0.15) is 45.8 Å². The van der Waals surface area contributed by atoms with E-state index in [2.05, 4.69) is 11.4 Å². The summed E-state index contributed by atoms with van der Waals surface area (Å²) in [5, 5.41) is 12.6. The maximum Gasteiger partial charge on any atom is 0.335 e. The lowest BCUT2D eigenvalue weighted by molar-refractivity contribution is 0.0694. The second-order valence-corrected chi connectivity index (χ2v) is 4.87. The van der Waals surface area contributed by atoms with Crippen molar-refractivity contribution in [3.8, 4) is 0 Å². The quantitative estimate of drug-likeness (QED) is 0.825. The number of carboxylic acids is 1. The zero-order valence-electron chi connectivity index (χ0n) is 10.4. The highest BCUT2D eigenvalue weighted by Gasteiger charge is 2.23. The zero-order chi connectivity index (χ0) is 12.4. The van der Waals surface area contributed by atoms with Crippen LogP contribution in [0, 0.1) is 13.8 Å². The first-order valence-electron chi connectivity index (χ1n) is 6.14. The molecule has 3 heteroatoms. The van der Waals surface area contributed by atoms with Gasteiger partial charge in [0, 0.05) is 0 Å². The first-order valence-corrected chi connectivity index (χ1v) is 6.14. The molecule has 2 rings (SSSR count). The minimum absolute atomic E-state index is 0.392. The van der Waals surface area contributed by atoms with Crippen LogP contribution in [-0.4, -0.2) is 24.2 Å². The second-order valence-electron chi connectivity index (χ2n) is 4.87. The summed E-state index contributed by atoms with van der Waals surface area (Å²) < 4.78 is 0. The Balaban J connectivity index is 2.46. The van der Waals surface area contributed by atoms with E-state index in [9.17, 15) is 9.90 Å². The number of hydrogen-bond acceptors (Lipinski definition) is 2. The van der Waals surface area contributed by atoms with Crippen LogP contribution in [0.3, 0.4) is 0 Å². The SMILES string of the molecule is Cc1cc(C)c(C2CCNCC2)c(C(=O)O)c1. The van der Waals surface area contributed by atoms with Gasteiger partial charge in [0.2, 0.25) is 0 Å². The predicted molar refractivity (Wildman–Crippen MR) is 67.7 cm³/mol. The molecule has 1 aliphatic heterocycles. The van der Waals surface area contributed by atoms with Crippen LogP contribution in [0.5, 0.6) is 0 Å². The van der Waals surface area contributed by atoms with Crippen LogP contribution in [0.4, 0.5) is 0 Å². The minimum atomic E-state index is -0.801. The van der Waals surface area contributed by atoms with Crippen molar-refractivity contribution in [2.75, 3.05) is 13.1 Å². The monoisotopic (exact) mass is 233 g/mol. The third-order valence-electron chi connectivity index (χ3n) is 3.51. The van der Waals surface area contributed by atoms with Gasteiger partial charge >= 0.3 is 5.97 Å². The van der Waals surface area contributed by atoms with Gasteiger partial charge in [-0.3, -0.25) is 0 Å². The van der Waals surface area contributed by atoms with Gasteiger partial charge in [-0.2, -0.15) is 0 Å². The first-order chi connectivity index (χ1) is 8.09. The highest BCUT2D eigenvalue weighted by molar-refractivity contribution is 5.90. The average molecular weight is 233 g/mol. The summed E-state index contributed by atoms with van der Waals surface area (Å²) in [6.45, 7) is 5.94. The lowest BCUT2D eigenvalue weighted by Crippen LogP contribution is -2.28. The second kappa shape index (κ2) is 4.88. The molecule has 0 amide bonds. The Morgan fingerprint density at radius 2 is 1.94 bits per heavy atom. The van der Waals surface area contributed by atoms with E-state index in [1.54, 1.807) is 6.07 Å². The molecule has 0 aromatic heterocycles. The molecular formula is C14H19NO2. The Bertz CT molecular complexity index is 434. The number of aromatic carboxylic acids is 1. The first kappa shape index (κ1) is 12.1. The van der Waals surface area contributed by atoms with Crippen LogP contribution in [0.15, 0.2) is 12.1 Å². The number of rotatable bonds is 2. The molecule has 0 saturated carbocycles. The molecule has 1 fully saturated rings. The molecule has 1 heterocycles. The molecule has 0 bridgehead atoms. The van der Waals surface area contributed by atoms with Crippen LogP contribution in [-0.2, 0) is 0 Å². The summed E-state index contributed by atoms with van der Waals surface area (Å²) in [5.41, 5.74) is 3.69. The van der Waals surface area contributed by atoms with Gasteiger partial charge in [0.15, 0.2) is 0 Å². The molecule has 92 valence electrons. The smallest absolute Gasteiger partial charge is 0.335 e. The zero-order valence-corrected chi connectivity index (χ0v) is 10.4. The van der Waals surface area contributed by atoms with Crippen molar-refractivity contribution < 1.29 is 9.90 Å². The molecule has 0 unspecified atom stereocenters. The van der Waals surface area contributed by atoms with E-state index in [0.29, 0.717) is 11.5 Å². The Kier molecular flexibility index (Phi) is 3.48. The predicted octanol–water partition coefficient (Wildman–Crippen LogP) is 2.47. The third-order valence-corrected chi connectivity index (χ3v) is 3.51. The molecule has 2 N–H and O–H groups in total. The molecule has 1 saturated heterocycles. The number of carbonyl (C=O) groups is 1. The molecule has 3 nitrogen and oxygen atoms in total. The maximum atomic E-state index is 11.4. The number of piperidine rings is 1. The van der Waals surface area contributed by atoms with Crippen molar-refractivity contribution in [2.45, 2.75) is 32.6 Å². The fraction of sp³-hybridized carbons (Fsp3) is 0.500. The molecule has 1 aromatic carbocycles. The van der Waals surface area contributed by atoms with Crippen molar-refractivity contribution in [1.29, 1.82) is 0 Å². The van der Waals surface area contributed by atoms with Crippen molar-refractivity contribution in [3.63, 3.8) is 0 Å². The number of aryl methyl sites for hydroxylation is 2. The van der Waals surface area contributed by atoms with E-state index >= 15 is 0 Å². The van der Waals surface area contributed by atoms with Crippen LogP contribution in [0.2, 0.25) is 0 Å². The van der Waals surface area contributed by atoms with E-state index in [0.717, 1.165) is 42.6 Å². The summed E-state index contributed by atoms with van der Waals surface area (Å²) >= 11 is 0. The lowest BCUT2D eigenvalue weighted by atomic mass is 9.83. The van der Waals surface area contributed by atoms with Gasteiger partial charge in [-0.05, 0) is 68.5 Å². The molecule has 0 radical (unpaired) electrons. The van der Waals surface area contributed by atoms with Crippen molar-refractivity contribution in [2.24, 2.45) is 0 Å². The van der Waals surface area contributed by atoms with Crippen LogP contribution < -0.4 is 5.32 Å². The largest absolute Gasteiger partial charge is 0.478 e. The maximum absolute atomic E-state index is 11.4. The van der Waals surface area contributed by atoms with Gasteiger partial charge in [-0.1, -0.05) is 6.07 Å². The van der Waals surface area contributed by atoms with E-state index in [4.69, 9.17) is 0 Å². The van der Waals surface area contributed by atoms with Crippen LogP contribution >= 0.6 is 0 Å². The number of hydrogen-bond donors (Lipinski definition) is 2. The van der Waals surface area contributed by atoms with Gasteiger partial charge in [0.25, 0.3) is 0 Å². The van der Waals surface area contributed by atoms with Gasteiger partial charge in [0.05, 0.1) is 5.56 Å². The van der Waals surface area contributed by atoms with Gasteiger partial charge in [0.1, 0.15) is 0 Å². The van der Waals surface area contributed by atoms with E-state index in [1.807, 2.05) is 13.8 Å². The summed E-state index contributed by atoms with van der Waals surface area (Å²) in [7, 11) is 0. The standard InChI is InChI=1S/C14H19NO2/c1-9-7-10(2)13(12(8-9)14(16)17)11-3-5-15-6-4-11/h7-8,11,15H,3-6H2,1-2H3,(H,16,17). The summed E-state index contributed by atoms with van der Waals surface area (Å²) in [6, 6.07) is 3.89. The molecule has 0 atom stereocenters. The van der Waals surface area contributed by atoms with E-state index < -0.39 is 5.97 Å². The number of carboxylic acid groups (broad SMARTS) is 1. The number of benzene rings is 1. The average Bonchev–Trinajstić information content (AvgIpc) is 2.29. The fourth-order valence-corrected chi connectivity index (χ4v) is 2.81. The Morgan fingerprint density at radius 1 is 1.29 bits per heavy atom. The van der Waals surface area contributed by atoms with Gasteiger partial charge < -0.3 is 10.4 Å². The Morgan fingerprint density at radius 3 is 2.53 bits per heavy atom. The fourth-order valence-electron chi connectivity index (χ4n) is 2.81. The Labute approximate surface area is 102 Å². The minimum Gasteiger partial charge on any atom is -0.478 e. The topological polar surface area (TPSA) is 49.3 Å². The normalized spacial score (nSPS) is 17.1. The van der Waals surface area contributed by atoms with Crippen molar-refractivity contribution >= 4 is 5.97 Å². The Hall–Kier alpha value is -1.35. The molecule has 0 aliphatic carbocycles. The third kappa shape index (κ3) is 2.50. The summed E-state index contributed by atoms with van der Waals surface area (Å²) in [6.07, 6.45) is 2.06. The van der Waals surface area contributed by atoms with E-state index in [-0.39, 0.29) is 0 Å². The van der Waals surface area contributed by atoms with Gasteiger partial charge in [-0.15, -0.1) is 0 Å². The lowest BCUT2D eigenvalue weighted by Gasteiger charge is -2.26. The van der Waals surface area contributed by atoms with Crippen molar-refractivity contribution in [3.05, 3.63) is 34.4 Å². The highest BCUT2D eigenvalue weighted by atomic mass is 16.4. The summed E-state index contributed by atoms with van der Waals surface area (Å²) in [4.78, 5) is 11.4. The van der Waals surface area contributed by atoms with Crippen LogP contribution in [0.25, 0.3) is 0 Å². The molecule has 17 heavy (non-hydrogen) atoms. The molecule has 0 spiro atoms. The van der Waals surface area contributed by atoms with E-state index in [1.165, 1.54) is 0 Å². The highest BCUT2D eigenvalue weighted by Crippen LogP contribution is 2.31. The van der Waals surface area contributed by atoms with Crippen molar-refractivity contribution in [1.82, 2.24) is 5.32 Å². The summed E-state index contributed by atoms with van der Waals surface area (Å²) in [5.74, 6) is -0.409. The molecular weight excluding hydrogens is 214 g/mol. The molecule has 1 aliphatic rings. The number of nitrogens with one attached hydrogen (secondary N) is 1.